The number of pyridine rings is 1. The van der Waals surface area contributed by atoms with Gasteiger partial charge >= 0.3 is 0 Å². The Bertz CT molecular complexity index is 719. The predicted octanol–water partition coefficient (Wildman–Crippen LogP) is 3.49. The minimum absolute atomic E-state index is 0.163. The van der Waals surface area contributed by atoms with Crippen molar-refractivity contribution in [3.05, 3.63) is 35.2 Å². The van der Waals surface area contributed by atoms with Gasteiger partial charge in [-0.1, -0.05) is 23.4 Å². The minimum atomic E-state index is -0.370. The number of rotatable bonds is 4. The summed E-state index contributed by atoms with van der Waals surface area (Å²) in [6.45, 7) is 2.07. The van der Waals surface area contributed by atoms with Crippen LogP contribution in [0.15, 0.2) is 29.7 Å². The Morgan fingerprint density at radius 2 is 2.00 bits per heavy atom. The summed E-state index contributed by atoms with van der Waals surface area (Å²) in [5.41, 5.74) is 0.775. The molecule has 3 heterocycles. The number of carbonyl (C=O) groups is 1. The number of anilines is 2. The Morgan fingerprint density at radius 1 is 1.21 bits per heavy atom. The Labute approximate surface area is 150 Å². The summed E-state index contributed by atoms with van der Waals surface area (Å²) in [4.78, 5) is 27.3. The van der Waals surface area contributed by atoms with Gasteiger partial charge < -0.3 is 10.2 Å². The number of amides is 1. The second kappa shape index (κ2) is 7.81. The van der Waals surface area contributed by atoms with Crippen LogP contribution in [0.4, 0.5) is 11.5 Å². The van der Waals surface area contributed by atoms with Crippen LogP contribution in [0.2, 0.25) is 5.02 Å². The van der Waals surface area contributed by atoms with Gasteiger partial charge in [0.1, 0.15) is 5.82 Å². The highest BCUT2D eigenvalue weighted by molar-refractivity contribution is 7.98. The topological polar surface area (TPSA) is 71.0 Å². The average Bonchev–Trinajstić information content (AvgIpc) is 2.63. The SMILES string of the molecule is CSc1ncc(Cl)c(C(=O)Nc2ccc(N3CCCCC3)nc2)n1. The highest BCUT2D eigenvalue weighted by atomic mass is 35.5. The maximum absolute atomic E-state index is 12.4. The number of aromatic nitrogens is 3. The lowest BCUT2D eigenvalue weighted by molar-refractivity contribution is 0.102. The first-order valence-electron chi connectivity index (χ1n) is 7.76. The van der Waals surface area contributed by atoms with Crippen LogP contribution in [0, 0.1) is 0 Å². The monoisotopic (exact) mass is 363 g/mol. The molecule has 1 aliphatic rings. The van der Waals surface area contributed by atoms with E-state index in [2.05, 4.69) is 25.2 Å². The van der Waals surface area contributed by atoms with Gasteiger partial charge in [0.05, 0.1) is 23.1 Å². The molecule has 2 aromatic rings. The number of nitrogens with zero attached hydrogens (tertiary/aromatic N) is 4. The van der Waals surface area contributed by atoms with Crippen molar-refractivity contribution in [3.63, 3.8) is 0 Å². The van der Waals surface area contributed by atoms with E-state index in [0.29, 0.717) is 10.8 Å². The van der Waals surface area contributed by atoms with Crippen molar-refractivity contribution >= 4 is 40.8 Å². The van der Waals surface area contributed by atoms with Gasteiger partial charge in [0.25, 0.3) is 5.91 Å². The molecule has 0 bridgehead atoms. The fraction of sp³-hybridized carbons (Fsp3) is 0.375. The molecular formula is C16H18ClN5OS. The van der Waals surface area contributed by atoms with Gasteiger partial charge in [0.2, 0.25) is 0 Å². The molecule has 0 aromatic carbocycles. The third kappa shape index (κ3) is 3.96. The van der Waals surface area contributed by atoms with Gasteiger partial charge in [-0.25, -0.2) is 15.0 Å². The molecule has 0 unspecified atom stereocenters. The van der Waals surface area contributed by atoms with Crippen molar-refractivity contribution < 1.29 is 4.79 Å². The van der Waals surface area contributed by atoms with Gasteiger partial charge in [0, 0.05) is 13.1 Å². The zero-order valence-electron chi connectivity index (χ0n) is 13.3. The van der Waals surface area contributed by atoms with E-state index in [4.69, 9.17) is 11.6 Å². The van der Waals surface area contributed by atoms with Crippen molar-refractivity contribution in [1.29, 1.82) is 0 Å². The Balaban J connectivity index is 1.70. The highest BCUT2D eigenvalue weighted by Gasteiger charge is 2.15. The first kappa shape index (κ1) is 17.0. The molecule has 1 aliphatic heterocycles. The van der Waals surface area contributed by atoms with Gasteiger partial charge in [-0.2, -0.15) is 0 Å². The van der Waals surface area contributed by atoms with Gasteiger partial charge in [0.15, 0.2) is 10.9 Å². The largest absolute Gasteiger partial charge is 0.357 e. The molecule has 8 heteroatoms. The standard InChI is InChI=1S/C16H18ClN5OS/c1-24-16-19-10-12(17)14(21-16)15(23)20-11-5-6-13(18-9-11)22-7-3-2-4-8-22/h5-6,9-10H,2-4,7-8H2,1H3,(H,20,23). The summed E-state index contributed by atoms with van der Waals surface area (Å²) in [5.74, 6) is 0.572. The van der Waals surface area contributed by atoms with Crippen molar-refractivity contribution in [3.8, 4) is 0 Å². The smallest absolute Gasteiger partial charge is 0.276 e. The molecule has 0 aliphatic carbocycles. The maximum Gasteiger partial charge on any atom is 0.276 e. The van der Waals surface area contributed by atoms with Crippen molar-refractivity contribution in [2.75, 3.05) is 29.6 Å². The molecule has 3 rings (SSSR count). The van der Waals surface area contributed by atoms with Crippen molar-refractivity contribution in [2.45, 2.75) is 24.4 Å². The number of carbonyl (C=O) groups excluding carboxylic acids is 1. The van der Waals surface area contributed by atoms with E-state index >= 15 is 0 Å². The first-order valence-corrected chi connectivity index (χ1v) is 9.36. The maximum atomic E-state index is 12.4. The number of halogens is 1. The highest BCUT2D eigenvalue weighted by Crippen LogP contribution is 2.21. The Kier molecular flexibility index (Phi) is 5.52. The van der Waals surface area contributed by atoms with Crippen LogP contribution in [0.25, 0.3) is 0 Å². The number of nitrogens with one attached hydrogen (secondary N) is 1. The lowest BCUT2D eigenvalue weighted by Gasteiger charge is -2.27. The van der Waals surface area contributed by atoms with Gasteiger partial charge in [-0.15, -0.1) is 0 Å². The second-order valence-corrected chi connectivity index (χ2v) is 6.64. The predicted molar refractivity (Wildman–Crippen MR) is 97.1 cm³/mol. The molecule has 0 atom stereocenters. The lowest BCUT2D eigenvalue weighted by atomic mass is 10.1. The zero-order chi connectivity index (χ0) is 16.9. The molecule has 1 N–H and O–H groups in total. The number of piperidine rings is 1. The van der Waals surface area contributed by atoms with E-state index in [0.717, 1.165) is 18.9 Å². The van der Waals surface area contributed by atoms with Crippen LogP contribution < -0.4 is 10.2 Å². The number of hydrogen-bond acceptors (Lipinski definition) is 6. The molecule has 0 saturated carbocycles. The molecule has 126 valence electrons. The van der Waals surface area contributed by atoms with Crippen LogP contribution in [0.1, 0.15) is 29.8 Å². The third-order valence-electron chi connectivity index (χ3n) is 3.81. The zero-order valence-corrected chi connectivity index (χ0v) is 14.9. The molecule has 2 aromatic heterocycles. The normalized spacial score (nSPS) is 14.5. The van der Waals surface area contributed by atoms with E-state index in [1.165, 1.54) is 37.2 Å². The molecule has 1 saturated heterocycles. The number of thioether (sulfide) groups is 1. The molecule has 1 fully saturated rings. The van der Waals surface area contributed by atoms with E-state index < -0.39 is 0 Å². The van der Waals surface area contributed by atoms with Crippen molar-refractivity contribution in [2.24, 2.45) is 0 Å². The van der Waals surface area contributed by atoms with E-state index in [1.807, 2.05) is 18.4 Å². The van der Waals surface area contributed by atoms with Crippen LogP contribution in [-0.2, 0) is 0 Å². The molecule has 0 spiro atoms. The van der Waals surface area contributed by atoms with Gasteiger partial charge in [-0.05, 0) is 37.7 Å². The van der Waals surface area contributed by atoms with Crippen LogP contribution in [0.5, 0.6) is 0 Å². The lowest BCUT2D eigenvalue weighted by Crippen LogP contribution is -2.30. The molecule has 1 amide bonds. The first-order chi connectivity index (χ1) is 11.7. The summed E-state index contributed by atoms with van der Waals surface area (Å²) >= 11 is 7.38. The fourth-order valence-corrected chi connectivity index (χ4v) is 3.09. The Hall–Kier alpha value is -1.86. The van der Waals surface area contributed by atoms with E-state index in [-0.39, 0.29) is 16.6 Å². The number of hydrogen-bond donors (Lipinski definition) is 1. The second-order valence-electron chi connectivity index (χ2n) is 5.46. The van der Waals surface area contributed by atoms with E-state index in [9.17, 15) is 4.79 Å². The quantitative estimate of drug-likeness (QED) is 0.662. The third-order valence-corrected chi connectivity index (χ3v) is 4.64. The Morgan fingerprint density at radius 3 is 2.67 bits per heavy atom. The summed E-state index contributed by atoms with van der Waals surface area (Å²) in [6.07, 6.45) is 8.62. The molecule has 6 nitrogen and oxygen atoms in total. The molecule has 0 radical (unpaired) electrons. The fourth-order valence-electron chi connectivity index (χ4n) is 2.57. The average molecular weight is 364 g/mol. The van der Waals surface area contributed by atoms with Crippen molar-refractivity contribution in [1.82, 2.24) is 15.0 Å². The van der Waals surface area contributed by atoms with Gasteiger partial charge in [-0.3, -0.25) is 4.79 Å². The van der Waals surface area contributed by atoms with E-state index in [1.54, 1.807) is 6.20 Å². The summed E-state index contributed by atoms with van der Waals surface area (Å²) in [6, 6.07) is 3.77. The van der Waals surface area contributed by atoms with Crippen LogP contribution >= 0.6 is 23.4 Å². The van der Waals surface area contributed by atoms with Crippen LogP contribution in [0.3, 0.4) is 0 Å². The summed E-state index contributed by atoms with van der Waals surface area (Å²) in [7, 11) is 0. The minimum Gasteiger partial charge on any atom is -0.357 e. The molecular weight excluding hydrogens is 346 g/mol. The summed E-state index contributed by atoms with van der Waals surface area (Å²) in [5, 5.41) is 3.50. The van der Waals surface area contributed by atoms with Crippen LogP contribution in [-0.4, -0.2) is 40.2 Å². The molecule has 24 heavy (non-hydrogen) atoms. The summed E-state index contributed by atoms with van der Waals surface area (Å²) < 4.78 is 0.